The fourth-order valence-electron chi connectivity index (χ4n) is 3.72. The van der Waals surface area contributed by atoms with E-state index in [0.29, 0.717) is 36.3 Å². The standard InChI is InChI=1S/C29H36FN3O5/c1-28(2,3)37-26(35)31-18-19-7-9-21(10-8-19)25(34)32-22-11-12-23(24(30)17-22)20-13-15-33(16-14-20)27(36)38-29(4,5)6/h7-13,17H,14-16,18H2,1-6H3,(H,31,35)(H,32,34). The van der Waals surface area contributed by atoms with Crippen LogP contribution in [0.2, 0.25) is 0 Å². The second-order valence-corrected chi connectivity index (χ2v) is 11.1. The molecular weight excluding hydrogens is 489 g/mol. The summed E-state index contributed by atoms with van der Waals surface area (Å²) in [6.45, 7) is 11.8. The second kappa shape index (κ2) is 11.7. The van der Waals surface area contributed by atoms with Crippen LogP contribution in [-0.4, -0.2) is 47.3 Å². The average Bonchev–Trinajstić information content (AvgIpc) is 2.81. The van der Waals surface area contributed by atoms with Gasteiger partial charge in [-0.2, -0.15) is 0 Å². The van der Waals surface area contributed by atoms with Crippen LogP contribution >= 0.6 is 0 Å². The Morgan fingerprint density at radius 3 is 2.16 bits per heavy atom. The zero-order valence-electron chi connectivity index (χ0n) is 22.8. The van der Waals surface area contributed by atoms with Crippen LogP contribution in [0, 0.1) is 5.82 Å². The average molecular weight is 526 g/mol. The molecule has 0 unspecified atom stereocenters. The maximum Gasteiger partial charge on any atom is 0.410 e. The van der Waals surface area contributed by atoms with Crippen molar-refractivity contribution in [3.05, 3.63) is 71.0 Å². The van der Waals surface area contributed by atoms with Crippen LogP contribution in [-0.2, 0) is 16.0 Å². The summed E-state index contributed by atoms with van der Waals surface area (Å²) in [7, 11) is 0. The Bertz CT molecular complexity index is 1210. The van der Waals surface area contributed by atoms with Crippen molar-refractivity contribution in [2.45, 2.75) is 65.7 Å². The van der Waals surface area contributed by atoms with E-state index >= 15 is 0 Å². The Kier molecular flexibility index (Phi) is 8.81. The lowest BCUT2D eigenvalue weighted by molar-refractivity contribution is 0.0270. The van der Waals surface area contributed by atoms with E-state index in [2.05, 4.69) is 10.6 Å². The van der Waals surface area contributed by atoms with Crippen LogP contribution in [0.4, 0.5) is 19.7 Å². The largest absolute Gasteiger partial charge is 0.444 e. The van der Waals surface area contributed by atoms with Gasteiger partial charge in [0, 0.05) is 36.4 Å². The van der Waals surface area contributed by atoms with Gasteiger partial charge in [0.05, 0.1) is 0 Å². The number of carbonyl (C=O) groups is 3. The Morgan fingerprint density at radius 2 is 1.61 bits per heavy atom. The molecular formula is C29H36FN3O5. The number of benzene rings is 2. The molecule has 0 fully saturated rings. The predicted octanol–water partition coefficient (Wildman–Crippen LogP) is 6.13. The zero-order chi connectivity index (χ0) is 28.1. The quantitative estimate of drug-likeness (QED) is 0.490. The van der Waals surface area contributed by atoms with Crippen LogP contribution in [0.15, 0.2) is 48.5 Å². The van der Waals surface area contributed by atoms with Crippen molar-refractivity contribution in [3.8, 4) is 0 Å². The van der Waals surface area contributed by atoms with Crippen molar-refractivity contribution in [1.29, 1.82) is 0 Å². The van der Waals surface area contributed by atoms with Crippen molar-refractivity contribution < 1.29 is 28.2 Å². The van der Waals surface area contributed by atoms with Gasteiger partial charge in [0.1, 0.15) is 17.0 Å². The van der Waals surface area contributed by atoms with E-state index in [1.54, 1.807) is 62.1 Å². The van der Waals surface area contributed by atoms with Gasteiger partial charge in [-0.05, 0) is 89.4 Å². The molecule has 1 aliphatic rings. The Morgan fingerprint density at radius 1 is 0.947 bits per heavy atom. The molecule has 9 heteroatoms. The number of anilines is 1. The summed E-state index contributed by atoms with van der Waals surface area (Å²) in [5.74, 6) is -0.836. The minimum absolute atomic E-state index is 0.259. The van der Waals surface area contributed by atoms with Crippen LogP contribution < -0.4 is 10.6 Å². The van der Waals surface area contributed by atoms with Crippen molar-refractivity contribution in [1.82, 2.24) is 10.2 Å². The molecule has 0 bridgehead atoms. The number of alkyl carbamates (subject to hydrolysis) is 1. The molecule has 0 spiro atoms. The van der Waals surface area contributed by atoms with Gasteiger partial charge in [-0.3, -0.25) is 4.79 Å². The highest BCUT2D eigenvalue weighted by Gasteiger charge is 2.24. The van der Waals surface area contributed by atoms with E-state index < -0.39 is 29.2 Å². The molecule has 3 amide bonds. The van der Waals surface area contributed by atoms with E-state index in [0.717, 1.165) is 11.1 Å². The number of amides is 3. The molecule has 2 aromatic carbocycles. The number of hydrogen-bond acceptors (Lipinski definition) is 5. The lowest BCUT2D eigenvalue weighted by atomic mass is 9.98. The SMILES string of the molecule is CC(C)(C)OC(=O)NCc1ccc(C(=O)Nc2ccc(C3=CCN(C(=O)OC(C)(C)C)CC3)c(F)c2)cc1. The summed E-state index contributed by atoms with van der Waals surface area (Å²) in [6, 6.07) is 11.3. The summed E-state index contributed by atoms with van der Waals surface area (Å²) in [6.07, 6.45) is 1.41. The van der Waals surface area contributed by atoms with Gasteiger partial charge < -0.3 is 25.0 Å². The Balaban J connectivity index is 1.56. The summed E-state index contributed by atoms with van der Waals surface area (Å²) in [4.78, 5) is 38.3. The third-order valence-electron chi connectivity index (χ3n) is 5.49. The molecule has 8 nitrogen and oxygen atoms in total. The predicted molar refractivity (Wildman–Crippen MR) is 144 cm³/mol. The fourth-order valence-corrected chi connectivity index (χ4v) is 3.72. The fraction of sp³-hybridized carbons (Fsp3) is 0.414. The molecule has 204 valence electrons. The van der Waals surface area contributed by atoms with E-state index in [4.69, 9.17) is 9.47 Å². The minimum atomic E-state index is -0.583. The summed E-state index contributed by atoms with van der Waals surface area (Å²) in [5, 5.41) is 5.38. The third kappa shape index (κ3) is 8.61. The van der Waals surface area contributed by atoms with Crippen LogP contribution in [0.1, 0.15) is 69.4 Å². The van der Waals surface area contributed by atoms with Gasteiger partial charge >= 0.3 is 12.2 Å². The van der Waals surface area contributed by atoms with E-state index in [1.165, 1.54) is 6.07 Å². The molecule has 0 atom stereocenters. The van der Waals surface area contributed by atoms with Crippen LogP contribution in [0.25, 0.3) is 5.57 Å². The molecule has 0 saturated heterocycles. The number of nitrogens with one attached hydrogen (secondary N) is 2. The zero-order valence-corrected chi connectivity index (χ0v) is 22.8. The normalized spacial score (nSPS) is 13.9. The number of hydrogen-bond donors (Lipinski definition) is 2. The monoisotopic (exact) mass is 525 g/mol. The highest BCUT2D eigenvalue weighted by atomic mass is 19.1. The third-order valence-corrected chi connectivity index (χ3v) is 5.49. The van der Waals surface area contributed by atoms with Crippen molar-refractivity contribution >= 4 is 29.4 Å². The summed E-state index contributed by atoms with van der Waals surface area (Å²) < 4.78 is 25.5. The van der Waals surface area contributed by atoms with Gasteiger partial charge in [-0.25, -0.2) is 14.0 Å². The first-order chi connectivity index (χ1) is 17.7. The lowest BCUT2D eigenvalue weighted by Crippen LogP contribution is -2.39. The molecule has 0 aromatic heterocycles. The molecule has 0 radical (unpaired) electrons. The smallest absolute Gasteiger partial charge is 0.410 e. The first-order valence-corrected chi connectivity index (χ1v) is 12.5. The maximum absolute atomic E-state index is 14.9. The van der Waals surface area contributed by atoms with Crippen LogP contribution in [0.3, 0.4) is 0 Å². The highest BCUT2D eigenvalue weighted by Crippen LogP contribution is 2.27. The molecule has 0 aliphatic carbocycles. The first-order valence-electron chi connectivity index (χ1n) is 12.5. The van der Waals surface area contributed by atoms with E-state index in [1.807, 2.05) is 26.8 Å². The molecule has 38 heavy (non-hydrogen) atoms. The molecule has 1 heterocycles. The molecule has 0 saturated carbocycles. The first kappa shape index (κ1) is 28.7. The van der Waals surface area contributed by atoms with Gasteiger partial charge in [0.15, 0.2) is 0 Å². The van der Waals surface area contributed by atoms with Crippen LogP contribution in [0.5, 0.6) is 0 Å². The Labute approximate surface area is 223 Å². The second-order valence-electron chi connectivity index (χ2n) is 11.1. The van der Waals surface area contributed by atoms with Crippen molar-refractivity contribution in [3.63, 3.8) is 0 Å². The van der Waals surface area contributed by atoms with Crippen molar-refractivity contribution in [2.24, 2.45) is 0 Å². The van der Waals surface area contributed by atoms with Gasteiger partial charge in [0.2, 0.25) is 0 Å². The minimum Gasteiger partial charge on any atom is -0.444 e. The molecule has 3 rings (SSSR count). The lowest BCUT2D eigenvalue weighted by Gasteiger charge is -2.29. The van der Waals surface area contributed by atoms with E-state index in [9.17, 15) is 18.8 Å². The molecule has 2 N–H and O–H groups in total. The topological polar surface area (TPSA) is 97.0 Å². The van der Waals surface area contributed by atoms with Gasteiger partial charge in [-0.1, -0.05) is 18.2 Å². The van der Waals surface area contributed by atoms with E-state index in [-0.39, 0.29) is 12.5 Å². The Hall–Kier alpha value is -3.88. The summed E-state index contributed by atoms with van der Waals surface area (Å²) in [5.41, 5.74) is 1.61. The number of halogens is 1. The number of nitrogens with zero attached hydrogens (tertiary/aromatic N) is 1. The van der Waals surface area contributed by atoms with Gasteiger partial charge in [-0.15, -0.1) is 0 Å². The highest BCUT2D eigenvalue weighted by molar-refractivity contribution is 6.04. The number of rotatable bonds is 5. The molecule has 2 aromatic rings. The number of ether oxygens (including phenoxy) is 2. The summed E-state index contributed by atoms with van der Waals surface area (Å²) >= 11 is 0. The number of carbonyl (C=O) groups excluding carboxylic acids is 3. The van der Waals surface area contributed by atoms with Gasteiger partial charge in [0.25, 0.3) is 5.91 Å². The van der Waals surface area contributed by atoms with Crippen molar-refractivity contribution in [2.75, 3.05) is 18.4 Å². The molecule has 1 aliphatic heterocycles. The maximum atomic E-state index is 14.9.